The van der Waals surface area contributed by atoms with E-state index in [1.165, 1.54) is 6.07 Å². The summed E-state index contributed by atoms with van der Waals surface area (Å²) in [5, 5.41) is 10.6. The van der Waals surface area contributed by atoms with Gasteiger partial charge in [0.15, 0.2) is 0 Å². The number of benzene rings is 1. The highest BCUT2D eigenvalue weighted by Crippen LogP contribution is 2.38. The van der Waals surface area contributed by atoms with Crippen molar-refractivity contribution in [1.29, 1.82) is 0 Å². The molecule has 0 amide bonds. The van der Waals surface area contributed by atoms with Crippen LogP contribution in [0, 0.1) is 5.82 Å². The Balaban J connectivity index is 1.65. The maximum absolute atomic E-state index is 13.3. The monoisotopic (exact) mass is 321 g/mol. The summed E-state index contributed by atoms with van der Waals surface area (Å²) in [6, 6.07) is 3.23. The molecule has 1 saturated carbocycles. The minimum atomic E-state index is -2.92. The Morgan fingerprint density at radius 1 is 1.17 bits per heavy atom. The minimum absolute atomic E-state index is 0.000304. The van der Waals surface area contributed by atoms with Crippen LogP contribution in [0.2, 0.25) is 0 Å². The minimum Gasteiger partial charge on any atom is -0.333 e. The van der Waals surface area contributed by atoms with Crippen molar-refractivity contribution in [2.75, 3.05) is 0 Å². The zero-order valence-electron chi connectivity index (χ0n) is 11.6. The molecule has 0 radical (unpaired) electrons. The average Bonchev–Trinajstić information content (AvgIpc) is 3.08. The predicted molar refractivity (Wildman–Crippen MR) is 72.0 cm³/mol. The summed E-state index contributed by atoms with van der Waals surface area (Å²) in [4.78, 5) is 8.36. The number of hydrogen-bond donors (Lipinski definition) is 1. The van der Waals surface area contributed by atoms with E-state index in [1.807, 2.05) is 0 Å². The Kier molecular flexibility index (Phi) is 3.14. The van der Waals surface area contributed by atoms with Gasteiger partial charge in [-0.3, -0.25) is 5.10 Å². The van der Waals surface area contributed by atoms with Gasteiger partial charge in [0.2, 0.25) is 11.6 Å². The Morgan fingerprint density at radius 2 is 2.00 bits per heavy atom. The molecule has 0 atom stereocenters. The predicted octanol–water partition coefficient (Wildman–Crippen LogP) is 3.48. The standard InChI is InChI=1S/C14H10F3N5O/c15-9-4-3-7(5-8(9)10(16)17)14-19-13(22-23-14)12-18-11(20-21-12)6-1-2-6/h3-6,10H,1-2H2,(H,18,20,21). The lowest BCUT2D eigenvalue weighted by Crippen LogP contribution is -1.91. The Hall–Kier alpha value is -2.71. The van der Waals surface area contributed by atoms with Crippen LogP contribution in [0.4, 0.5) is 13.2 Å². The summed E-state index contributed by atoms with van der Waals surface area (Å²) >= 11 is 0. The van der Waals surface area contributed by atoms with Gasteiger partial charge in [-0.15, -0.1) is 5.10 Å². The van der Waals surface area contributed by atoms with Crippen LogP contribution in [0.1, 0.15) is 36.6 Å². The van der Waals surface area contributed by atoms with Crippen LogP contribution in [-0.4, -0.2) is 25.3 Å². The third kappa shape index (κ3) is 2.58. The van der Waals surface area contributed by atoms with Crippen LogP contribution < -0.4 is 0 Å². The van der Waals surface area contributed by atoms with Crippen molar-refractivity contribution in [3.05, 3.63) is 35.4 Å². The third-order valence-electron chi connectivity index (χ3n) is 3.57. The first-order valence-corrected chi connectivity index (χ1v) is 6.96. The van der Waals surface area contributed by atoms with E-state index in [-0.39, 0.29) is 23.1 Å². The molecule has 118 valence electrons. The van der Waals surface area contributed by atoms with Crippen LogP contribution in [0.15, 0.2) is 22.7 Å². The number of hydrogen-bond acceptors (Lipinski definition) is 5. The molecule has 0 spiro atoms. The first-order chi connectivity index (χ1) is 11.1. The van der Waals surface area contributed by atoms with Gasteiger partial charge in [-0.2, -0.15) is 4.98 Å². The zero-order valence-corrected chi connectivity index (χ0v) is 11.6. The summed E-state index contributed by atoms with van der Waals surface area (Å²) < 4.78 is 43.9. The number of nitrogens with one attached hydrogen (secondary N) is 1. The largest absolute Gasteiger partial charge is 0.333 e. The fraction of sp³-hybridized carbons (Fsp3) is 0.286. The highest BCUT2D eigenvalue weighted by atomic mass is 19.3. The lowest BCUT2D eigenvalue weighted by Gasteiger charge is -2.02. The maximum atomic E-state index is 13.3. The van der Waals surface area contributed by atoms with E-state index in [2.05, 4.69) is 25.3 Å². The molecule has 0 saturated heterocycles. The van der Waals surface area contributed by atoms with E-state index < -0.39 is 17.8 Å². The van der Waals surface area contributed by atoms with Gasteiger partial charge in [0.1, 0.15) is 11.6 Å². The van der Waals surface area contributed by atoms with E-state index in [0.717, 1.165) is 30.8 Å². The van der Waals surface area contributed by atoms with E-state index in [1.54, 1.807) is 0 Å². The molecule has 23 heavy (non-hydrogen) atoms. The number of aromatic amines is 1. The molecule has 2 aromatic heterocycles. The average molecular weight is 321 g/mol. The quantitative estimate of drug-likeness (QED) is 0.796. The van der Waals surface area contributed by atoms with Crippen LogP contribution in [0.3, 0.4) is 0 Å². The molecule has 6 nitrogen and oxygen atoms in total. The summed E-state index contributed by atoms with van der Waals surface area (Å²) in [6.45, 7) is 0. The molecule has 1 aliphatic carbocycles. The van der Waals surface area contributed by atoms with Crippen molar-refractivity contribution in [3.63, 3.8) is 0 Å². The van der Waals surface area contributed by atoms with Crippen LogP contribution >= 0.6 is 0 Å². The number of alkyl halides is 2. The number of aromatic nitrogens is 5. The summed E-state index contributed by atoms with van der Waals surface area (Å²) in [5.41, 5.74) is -0.505. The smallest absolute Gasteiger partial charge is 0.266 e. The SMILES string of the molecule is Fc1ccc(-c2nc(-c3n[nH]c(C4CC4)n3)no2)cc1C(F)F. The van der Waals surface area contributed by atoms with Crippen molar-refractivity contribution in [1.82, 2.24) is 25.3 Å². The number of H-pyrrole nitrogens is 1. The molecule has 4 rings (SSSR count). The molecular formula is C14H10F3N5O. The second-order valence-electron chi connectivity index (χ2n) is 5.28. The normalized spacial score (nSPS) is 14.6. The summed E-state index contributed by atoms with van der Waals surface area (Å²) in [7, 11) is 0. The van der Waals surface area contributed by atoms with Gasteiger partial charge in [-0.05, 0) is 31.0 Å². The highest BCUT2D eigenvalue weighted by Gasteiger charge is 2.28. The second-order valence-corrected chi connectivity index (χ2v) is 5.28. The van der Waals surface area contributed by atoms with E-state index in [9.17, 15) is 13.2 Å². The Morgan fingerprint density at radius 3 is 2.74 bits per heavy atom. The summed E-state index contributed by atoms with van der Waals surface area (Å²) in [5.74, 6) is 0.608. The van der Waals surface area contributed by atoms with Crippen molar-refractivity contribution >= 4 is 0 Å². The van der Waals surface area contributed by atoms with Gasteiger partial charge in [-0.25, -0.2) is 18.2 Å². The fourth-order valence-corrected chi connectivity index (χ4v) is 2.19. The molecule has 0 aliphatic heterocycles. The zero-order chi connectivity index (χ0) is 16.0. The molecule has 0 unspecified atom stereocenters. The van der Waals surface area contributed by atoms with Gasteiger partial charge >= 0.3 is 0 Å². The topological polar surface area (TPSA) is 80.5 Å². The van der Waals surface area contributed by atoms with E-state index in [4.69, 9.17) is 4.52 Å². The van der Waals surface area contributed by atoms with Gasteiger partial charge in [0.25, 0.3) is 12.3 Å². The Bertz CT molecular complexity index is 856. The van der Waals surface area contributed by atoms with Gasteiger partial charge in [0.05, 0.1) is 5.56 Å². The van der Waals surface area contributed by atoms with E-state index in [0.29, 0.717) is 5.92 Å². The van der Waals surface area contributed by atoms with Crippen LogP contribution in [0.5, 0.6) is 0 Å². The Labute approximate surface area is 127 Å². The molecule has 0 bridgehead atoms. The van der Waals surface area contributed by atoms with Gasteiger partial charge < -0.3 is 4.52 Å². The molecule has 3 aromatic rings. The first-order valence-electron chi connectivity index (χ1n) is 6.96. The summed E-state index contributed by atoms with van der Waals surface area (Å²) in [6.07, 6.45) is -0.789. The lowest BCUT2D eigenvalue weighted by atomic mass is 10.1. The number of halogens is 3. The van der Waals surface area contributed by atoms with Gasteiger partial charge in [0, 0.05) is 11.5 Å². The molecule has 1 aromatic carbocycles. The first kappa shape index (κ1) is 13.9. The molecule has 1 fully saturated rings. The second kappa shape index (κ2) is 5.18. The van der Waals surface area contributed by atoms with Gasteiger partial charge in [-0.1, -0.05) is 5.16 Å². The van der Waals surface area contributed by atoms with Crippen LogP contribution in [-0.2, 0) is 0 Å². The number of rotatable bonds is 4. The van der Waals surface area contributed by atoms with Crippen molar-refractivity contribution in [2.24, 2.45) is 0 Å². The highest BCUT2D eigenvalue weighted by molar-refractivity contribution is 5.57. The molecule has 2 heterocycles. The van der Waals surface area contributed by atoms with E-state index >= 15 is 0 Å². The van der Waals surface area contributed by atoms with Crippen molar-refractivity contribution in [2.45, 2.75) is 25.2 Å². The molecule has 1 aliphatic rings. The number of nitrogens with zero attached hydrogens (tertiary/aromatic N) is 4. The maximum Gasteiger partial charge on any atom is 0.266 e. The lowest BCUT2D eigenvalue weighted by molar-refractivity contribution is 0.146. The molecule has 1 N–H and O–H groups in total. The third-order valence-corrected chi connectivity index (χ3v) is 3.57. The fourth-order valence-electron chi connectivity index (χ4n) is 2.19. The van der Waals surface area contributed by atoms with Crippen molar-refractivity contribution < 1.29 is 17.7 Å². The molecular weight excluding hydrogens is 311 g/mol. The van der Waals surface area contributed by atoms with Crippen molar-refractivity contribution in [3.8, 4) is 23.1 Å². The molecule has 9 heteroatoms. The van der Waals surface area contributed by atoms with Crippen LogP contribution in [0.25, 0.3) is 23.1 Å².